The van der Waals surface area contributed by atoms with Gasteiger partial charge in [-0.25, -0.2) is 4.98 Å². The van der Waals surface area contributed by atoms with Gasteiger partial charge < -0.3 is 16.8 Å². The van der Waals surface area contributed by atoms with E-state index in [1.807, 2.05) is 0 Å². The van der Waals surface area contributed by atoms with Gasteiger partial charge in [0.15, 0.2) is 0 Å². The summed E-state index contributed by atoms with van der Waals surface area (Å²) in [6, 6.07) is 2.57. The molecule has 1 aromatic rings. The fourth-order valence-electron chi connectivity index (χ4n) is 1.07. The predicted molar refractivity (Wildman–Crippen MR) is 62.2 cm³/mol. The van der Waals surface area contributed by atoms with Crippen molar-refractivity contribution in [2.75, 3.05) is 11.1 Å². The number of rotatable bonds is 4. The molecule has 1 aromatic heterocycles. The van der Waals surface area contributed by atoms with Crippen LogP contribution in [0.3, 0.4) is 0 Å². The van der Waals surface area contributed by atoms with Crippen molar-refractivity contribution < 1.29 is 9.72 Å². The van der Waals surface area contributed by atoms with Crippen molar-refractivity contribution in [2.45, 2.75) is 19.4 Å². The Morgan fingerprint density at radius 2 is 2.12 bits per heavy atom. The van der Waals surface area contributed by atoms with Crippen molar-refractivity contribution >= 4 is 23.2 Å². The molecule has 1 rings (SSSR count). The Labute approximate surface area is 97.2 Å². The van der Waals surface area contributed by atoms with E-state index >= 15 is 0 Å². The van der Waals surface area contributed by atoms with Crippen molar-refractivity contribution in [3.63, 3.8) is 0 Å². The summed E-state index contributed by atoms with van der Waals surface area (Å²) in [5.41, 5.74) is 9.27. The topological polar surface area (TPSA) is 137 Å². The van der Waals surface area contributed by atoms with E-state index in [1.54, 1.807) is 13.8 Å². The number of nitrogens with two attached hydrogens (primary N) is 2. The van der Waals surface area contributed by atoms with Crippen LogP contribution in [0, 0.1) is 10.1 Å². The molecule has 0 aromatic carbocycles. The molecule has 0 radical (unpaired) electrons. The smallest absolute Gasteiger partial charge is 0.311 e. The Kier molecular flexibility index (Phi) is 3.16. The summed E-state index contributed by atoms with van der Waals surface area (Å²) in [5.74, 6) is -0.548. The number of nitro groups is 1. The molecule has 8 heteroatoms. The maximum atomic E-state index is 11.1. The lowest BCUT2D eigenvalue weighted by molar-refractivity contribution is -0.384. The molecule has 1 amide bonds. The maximum absolute atomic E-state index is 11.1. The molecule has 1 heterocycles. The highest BCUT2D eigenvalue weighted by atomic mass is 16.6. The molecule has 0 spiro atoms. The largest absolute Gasteiger partial charge is 0.378 e. The number of aromatic nitrogens is 1. The number of anilines is 2. The molecule has 0 fully saturated rings. The summed E-state index contributed by atoms with van der Waals surface area (Å²) in [6.07, 6.45) is 0. The lowest BCUT2D eigenvalue weighted by Gasteiger charge is -2.22. The van der Waals surface area contributed by atoms with Gasteiger partial charge in [-0.15, -0.1) is 0 Å². The minimum Gasteiger partial charge on any atom is -0.378 e. The zero-order valence-electron chi connectivity index (χ0n) is 9.43. The molecule has 0 atom stereocenters. The van der Waals surface area contributed by atoms with Gasteiger partial charge in [-0.05, 0) is 19.9 Å². The predicted octanol–water partition coefficient (Wildman–Crippen LogP) is 0.248. The van der Waals surface area contributed by atoms with Crippen molar-refractivity contribution in [1.82, 2.24) is 4.98 Å². The summed E-state index contributed by atoms with van der Waals surface area (Å²) >= 11 is 0. The maximum Gasteiger partial charge on any atom is 0.311 e. The zero-order valence-corrected chi connectivity index (χ0v) is 9.43. The number of hydrogen-bond acceptors (Lipinski definition) is 6. The number of primary amides is 1. The summed E-state index contributed by atoms with van der Waals surface area (Å²) in [6.45, 7) is 3.13. The Balaban J connectivity index is 2.99. The van der Waals surface area contributed by atoms with Gasteiger partial charge in [-0.3, -0.25) is 14.9 Å². The van der Waals surface area contributed by atoms with E-state index in [0.717, 1.165) is 0 Å². The van der Waals surface area contributed by atoms with Crippen LogP contribution in [0.2, 0.25) is 0 Å². The molecular formula is C9H13N5O3. The van der Waals surface area contributed by atoms with E-state index < -0.39 is 16.4 Å². The highest BCUT2D eigenvalue weighted by molar-refractivity contribution is 5.86. The van der Waals surface area contributed by atoms with E-state index in [4.69, 9.17) is 11.5 Å². The summed E-state index contributed by atoms with van der Waals surface area (Å²) in [5, 5.41) is 13.3. The molecule has 0 aliphatic carbocycles. The Morgan fingerprint density at radius 3 is 2.53 bits per heavy atom. The van der Waals surface area contributed by atoms with Crippen LogP contribution < -0.4 is 16.8 Å². The van der Waals surface area contributed by atoms with Gasteiger partial charge in [0.1, 0.15) is 11.4 Å². The third-order valence-corrected chi connectivity index (χ3v) is 2.16. The molecule has 0 bridgehead atoms. The van der Waals surface area contributed by atoms with Crippen molar-refractivity contribution in [2.24, 2.45) is 5.73 Å². The molecule has 0 aliphatic rings. The molecule has 5 N–H and O–H groups in total. The molecule has 0 saturated carbocycles. The first-order valence-corrected chi connectivity index (χ1v) is 4.73. The molecule has 0 saturated heterocycles. The summed E-state index contributed by atoms with van der Waals surface area (Å²) in [7, 11) is 0. The van der Waals surface area contributed by atoms with Crippen LogP contribution in [-0.4, -0.2) is 21.4 Å². The van der Waals surface area contributed by atoms with Gasteiger partial charge in [0, 0.05) is 6.07 Å². The summed E-state index contributed by atoms with van der Waals surface area (Å²) in [4.78, 5) is 24.7. The SMILES string of the molecule is CC(C)(Nc1ccc([N+](=O)[O-])c(N)n1)C(N)=O. The number of nitrogens with zero attached hydrogens (tertiary/aromatic N) is 2. The third kappa shape index (κ3) is 2.80. The number of hydrogen-bond donors (Lipinski definition) is 3. The van der Waals surface area contributed by atoms with E-state index in [-0.39, 0.29) is 17.3 Å². The van der Waals surface area contributed by atoms with Gasteiger partial charge in [0.2, 0.25) is 11.7 Å². The number of pyridine rings is 1. The monoisotopic (exact) mass is 239 g/mol. The minimum atomic E-state index is -1.02. The molecule has 0 unspecified atom stereocenters. The van der Waals surface area contributed by atoms with Crippen LogP contribution in [0.5, 0.6) is 0 Å². The van der Waals surface area contributed by atoms with Crippen molar-refractivity contribution in [3.8, 4) is 0 Å². The molecule has 0 aliphatic heterocycles. The second-order valence-corrected chi connectivity index (χ2v) is 3.97. The fraction of sp³-hybridized carbons (Fsp3) is 0.333. The van der Waals surface area contributed by atoms with Gasteiger partial charge in [-0.1, -0.05) is 0 Å². The van der Waals surface area contributed by atoms with Crippen molar-refractivity contribution in [3.05, 3.63) is 22.2 Å². The highest BCUT2D eigenvalue weighted by Gasteiger charge is 2.25. The van der Waals surface area contributed by atoms with Gasteiger partial charge in [0.05, 0.1) is 4.92 Å². The number of carbonyl (C=O) groups excluding carboxylic acids is 1. The van der Waals surface area contributed by atoms with Crippen LogP contribution >= 0.6 is 0 Å². The summed E-state index contributed by atoms with van der Waals surface area (Å²) < 4.78 is 0. The number of amides is 1. The third-order valence-electron chi connectivity index (χ3n) is 2.16. The second kappa shape index (κ2) is 4.24. The van der Waals surface area contributed by atoms with Crippen LogP contribution in [-0.2, 0) is 4.79 Å². The van der Waals surface area contributed by atoms with Gasteiger partial charge in [0.25, 0.3) is 0 Å². The average Bonchev–Trinajstić information content (AvgIpc) is 2.15. The van der Waals surface area contributed by atoms with Crippen LogP contribution in [0.15, 0.2) is 12.1 Å². The Bertz CT molecular complexity index is 472. The first kappa shape index (κ1) is 12.7. The van der Waals surface area contributed by atoms with Crippen molar-refractivity contribution in [1.29, 1.82) is 0 Å². The van der Waals surface area contributed by atoms with Crippen LogP contribution in [0.25, 0.3) is 0 Å². The van der Waals surface area contributed by atoms with E-state index in [2.05, 4.69) is 10.3 Å². The lowest BCUT2D eigenvalue weighted by atomic mass is 10.1. The normalized spacial score (nSPS) is 10.9. The zero-order chi connectivity index (χ0) is 13.2. The first-order valence-electron chi connectivity index (χ1n) is 4.73. The van der Waals surface area contributed by atoms with E-state index in [9.17, 15) is 14.9 Å². The lowest BCUT2D eigenvalue weighted by Crippen LogP contribution is -2.45. The fourth-order valence-corrected chi connectivity index (χ4v) is 1.07. The average molecular weight is 239 g/mol. The van der Waals surface area contributed by atoms with Crippen LogP contribution in [0.4, 0.5) is 17.3 Å². The van der Waals surface area contributed by atoms with E-state index in [0.29, 0.717) is 0 Å². The number of carbonyl (C=O) groups is 1. The van der Waals surface area contributed by atoms with Crippen LogP contribution in [0.1, 0.15) is 13.8 Å². The molecule has 92 valence electrons. The standard InChI is InChI=1S/C9H13N5O3/c1-9(2,8(11)15)13-6-4-3-5(14(16)17)7(10)12-6/h3-4H,1-2H3,(H2,11,15)(H3,10,12,13). The first-order chi connectivity index (χ1) is 7.74. The van der Waals surface area contributed by atoms with Gasteiger partial charge in [-0.2, -0.15) is 0 Å². The number of nitrogen functional groups attached to an aromatic ring is 1. The minimum absolute atomic E-state index is 0.222. The molecule has 17 heavy (non-hydrogen) atoms. The highest BCUT2D eigenvalue weighted by Crippen LogP contribution is 2.22. The Hall–Kier alpha value is -2.38. The second-order valence-electron chi connectivity index (χ2n) is 3.97. The molecular weight excluding hydrogens is 226 g/mol. The Morgan fingerprint density at radius 1 is 1.53 bits per heavy atom. The van der Waals surface area contributed by atoms with E-state index in [1.165, 1.54) is 12.1 Å². The molecule has 8 nitrogen and oxygen atoms in total. The van der Waals surface area contributed by atoms with Gasteiger partial charge >= 0.3 is 5.69 Å². The number of nitrogens with one attached hydrogen (secondary N) is 1. The quantitative estimate of drug-likeness (QED) is 0.508.